The first-order valence-electron chi connectivity index (χ1n) is 13.1. The lowest BCUT2D eigenvalue weighted by Gasteiger charge is -2.29. The zero-order valence-corrected chi connectivity index (χ0v) is 24.8. The summed E-state index contributed by atoms with van der Waals surface area (Å²) in [5.74, 6) is -1.66. The number of carbonyl (C=O) groups excluding carboxylic acids is 1. The minimum Gasteiger partial charge on any atom is -0.598 e. The second-order valence-electron chi connectivity index (χ2n) is 11.1. The minimum absolute atomic E-state index is 0.00272. The SMILES string of the molecule is Cn1cc(-c2cc(CCNS(=O)O)c(F)cc2C(=O)c2ccc(F)cc2)c(C(N[S+]([O-])C(C)(C)C)C2CC2)cc1=O. The molecule has 1 aliphatic carbocycles. The molecule has 3 atom stereocenters. The van der Waals surface area contributed by atoms with Crippen molar-refractivity contribution in [3.05, 3.63) is 92.9 Å². The Morgan fingerprint density at radius 3 is 2.41 bits per heavy atom. The van der Waals surface area contributed by atoms with Gasteiger partial charge < -0.3 is 9.12 Å². The molecule has 12 heteroatoms. The zero-order valence-electron chi connectivity index (χ0n) is 23.2. The molecule has 0 saturated heterocycles. The molecule has 3 N–H and O–H groups in total. The van der Waals surface area contributed by atoms with E-state index in [1.54, 1.807) is 13.2 Å². The Balaban J connectivity index is 1.92. The van der Waals surface area contributed by atoms with Crippen LogP contribution in [0.3, 0.4) is 0 Å². The summed E-state index contributed by atoms with van der Waals surface area (Å²) < 4.78 is 68.6. The zero-order chi connectivity index (χ0) is 30.1. The number of carbonyl (C=O) groups is 1. The van der Waals surface area contributed by atoms with Crippen molar-refractivity contribution < 1.29 is 26.9 Å². The van der Waals surface area contributed by atoms with Crippen LogP contribution in [0.2, 0.25) is 0 Å². The predicted octanol–water partition coefficient (Wildman–Crippen LogP) is 4.33. The van der Waals surface area contributed by atoms with E-state index in [0.29, 0.717) is 16.7 Å². The number of halogens is 2. The molecule has 1 heterocycles. The maximum Gasteiger partial charge on any atom is 0.250 e. The summed E-state index contributed by atoms with van der Waals surface area (Å²) in [6, 6.07) is 8.51. The highest BCUT2D eigenvalue weighted by Gasteiger charge is 2.40. The molecule has 1 aliphatic rings. The van der Waals surface area contributed by atoms with E-state index in [1.807, 2.05) is 20.8 Å². The van der Waals surface area contributed by atoms with Crippen LogP contribution in [0.4, 0.5) is 8.78 Å². The monoisotopic (exact) mass is 605 g/mol. The van der Waals surface area contributed by atoms with Gasteiger partial charge in [-0.2, -0.15) is 0 Å². The standard InChI is InChI=1S/C29H33F2N3O5S2/c1-29(2,3)40(37)33-27(17-5-6-17)22-15-26(35)34(4)16-24(22)21-13-19(11-12-32-41(38)39)25(31)14-23(21)28(36)18-7-9-20(30)10-8-18/h7-10,13-17,27,32-33H,5-6,11-12H2,1-4H3,(H,38,39). The predicted molar refractivity (Wildman–Crippen MR) is 156 cm³/mol. The van der Waals surface area contributed by atoms with Gasteiger partial charge in [0, 0.05) is 53.9 Å². The summed E-state index contributed by atoms with van der Waals surface area (Å²) in [5.41, 5.74) is 1.38. The van der Waals surface area contributed by atoms with Gasteiger partial charge in [0.15, 0.2) is 5.78 Å². The molecule has 220 valence electrons. The Labute approximate surface area is 243 Å². The summed E-state index contributed by atoms with van der Waals surface area (Å²) >= 11 is -3.76. The Bertz CT molecular complexity index is 1520. The number of pyridine rings is 1. The fraction of sp³-hybridized carbons (Fsp3) is 0.379. The van der Waals surface area contributed by atoms with E-state index in [2.05, 4.69) is 9.44 Å². The van der Waals surface area contributed by atoms with Crippen LogP contribution in [-0.4, -0.2) is 35.0 Å². The van der Waals surface area contributed by atoms with Gasteiger partial charge in [-0.05, 0) is 99.0 Å². The van der Waals surface area contributed by atoms with Crippen LogP contribution in [0, 0.1) is 17.6 Å². The molecular formula is C29H33F2N3O5S2. The number of benzene rings is 2. The number of aryl methyl sites for hydroxylation is 1. The number of nitrogens with zero attached hydrogens (tertiary/aromatic N) is 1. The molecule has 8 nitrogen and oxygen atoms in total. The van der Waals surface area contributed by atoms with Crippen molar-refractivity contribution in [3.63, 3.8) is 0 Å². The van der Waals surface area contributed by atoms with E-state index < -0.39 is 50.8 Å². The van der Waals surface area contributed by atoms with Crippen molar-refractivity contribution >= 4 is 28.4 Å². The largest absolute Gasteiger partial charge is 0.598 e. The summed E-state index contributed by atoms with van der Waals surface area (Å²) in [5, 5.41) is 0. The van der Waals surface area contributed by atoms with E-state index in [1.165, 1.54) is 28.8 Å². The molecule has 1 fully saturated rings. The molecule has 0 radical (unpaired) electrons. The number of aromatic nitrogens is 1. The van der Waals surface area contributed by atoms with E-state index >= 15 is 4.39 Å². The molecule has 0 spiro atoms. The van der Waals surface area contributed by atoms with E-state index in [0.717, 1.165) is 31.0 Å². The molecule has 3 aromatic rings. The van der Waals surface area contributed by atoms with Crippen LogP contribution in [0.1, 0.15) is 66.7 Å². The second kappa shape index (κ2) is 12.6. The summed E-state index contributed by atoms with van der Waals surface area (Å²) in [7, 11) is 1.56. The fourth-order valence-corrected chi connectivity index (χ4v) is 5.69. The molecule has 3 unspecified atom stereocenters. The van der Waals surface area contributed by atoms with Crippen molar-refractivity contribution in [2.75, 3.05) is 6.54 Å². The lowest BCUT2D eigenvalue weighted by molar-refractivity contribution is 0.103. The number of hydrogen-bond acceptors (Lipinski definition) is 5. The van der Waals surface area contributed by atoms with Gasteiger partial charge in [0.1, 0.15) is 16.4 Å². The highest BCUT2D eigenvalue weighted by Crippen LogP contribution is 2.45. The maximum absolute atomic E-state index is 15.4. The molecule has 0 aliphatic heterocycles. The van der Waals surface area contributed by atoms with Crippen molar-refractivity contribution in [1.82, 2.24) is 14.0 Å². The van der Waals surface area contributed by atoms with Gasteiger partial charge in [0.25, 0.3) is 5.56 Å². The normalized spacial score (nSPS) is 15.9. The highest BCUT2D eigenvalue weighted by molar-refractivity contribution is 7.90. The molecule has 0 bridgehead atoms. The van der Waals surface area contributed by atoms with Gasteiger partial charge in [-0.3, -0.25) is 14.1 Å². The van der Waals surface area contributed by atoms with Crippen LogP contribution in [0.25, 0.3) is 11.1 Å². The average Bonchev–Trinajstić information content (AvgIpc) is 3.74. The second-order valence-corrected chi connectivity index (χ2v) is 13.9. The van der Waals surface area contributed by atoms with Gasteiger partial charge in [-0.25, -0.2) is 17.7 Å². The molecule has 1 saturated carbocycles. The summed E-state index contributed by atoms with van der Waals surface area (Å²) in [6.45, 7) is 5.50. The number of ketones is 1. The van der Waals surface area contributed by atoms with E-state index in [4.69, 9.17) is 4.55 Å². The van der Waals surface area contributed by atoms with Gasteiger partial charge >= 0.3 is 0 Å². The minimum atomic E-state index is -2.29. The van der Waals surface area contributed by atoms with Crippen LogP contribution in [0.5, 0.6) is 0 Å². The van der Waals surface area contributed by atoms with Crippen LogP contribution in [0.15, 0.2) is 53.5 Å². The average molecular weight is 606 g/mol. The van der Waals surface area contributed by atoms with Crippen LogP contribution in [-0.2, 0) is 36.1 Å². The van der Waals surface area contributed by atoms with Crippen molar-refractivity contribution in [2.24, 2.45) is 13.0 Å². The fourth-order valence-electron chi connectivity index (χ4n) is 4.51. The molecular weight excluding hydrogens is 572 g/mol. The van der Waals surface area contributed by atoms with Crippen LogP contribution >= 0.6 is 0 Å². The van der Waals surface area contributed by atoms with Crippen molar-refractivity contribution in [1.29, 1.82) is 0 Å². The highest BCUT2D eigenvalue weighted by atomic mass is 32.2. The van der Waals surface area contributed by atoms with Gasteiger partial charge in [0.2, 0.25) is 11.3 Å². The van der Waals surface area contributed by atoms with Gasteiger partial charge in [-0.15, -0.1) is 4.72 Å². The Kier molecular flexibility index (Phi) is 9.62. The quantitative estimate of drug-likeness (QED) is 0.170. The van der Waals surface area contributed by atoms with E-state index in [-0.39, 0.29) is 41.1 Å². The van der Waals surface area contributed by atoms with Crippen molar-refractivity contribution in [2.45, 2.75) is 50.8 Å². The third-order valence-electron chi connectivity index (χ3n) is 6.93. The topological polar surface area (TPSA) is 123 Å². The lowest BCUT2D eigenvalue weighted by Crippen LogP contribution is -2.42. The number of rotatable bonds is 11. The summed E-state index contributed by atoms with van der Waals surface area (Å²) in [6.07, 6.45) is 3.32. The molecule has 41 heavy (non-hydrogen) atoms. The third kappa shape index (κ3) is 7.56. The Morgan fingerprint density at radius 1 is 1.17 bits per heavy atom. The molecule has 2 aromatic carbocycles. The molecule has 1 aromatic heterocycles. The van der Waals surface area contributed by atoms with Gasteiger partial charge in [-0.1, -0.05) is 0 Å². The molecule has 0 amide bonds. The lowest BCUT2D eigenvalue weighted by atomic mass is 9.87. The first kappa shape index (κ1) is 31.2. The maximum atomic E-state index is 15.4. The first-order valence-corrected chi connectivity index (χ1v) is 15.4. The third-order valence-corrected chi connectivity index (χ3v) is 8.96. The smallest absolute Gasteiger partial charge is 0.250 e. The van der Waals surface area contributed by atoms with Crippen LogP contribution < -0.4 is 15.0 Å². The Hall–Kier alpha value is -2.74. The van der Waals surface area contributed by atoms with Crippen molar-refractivity contribution in [3.8, 4) is 11.1 Å². The van der Waals surface area contributed by atoms with Gasteiger partial charge in [0.05, 0.1) is 6.04 Å². The molecule has 4 rings (SSSR count). The van der Waals surface area contributed by atoms with E-state index in [9.17, 15) is 22.7 Å². The number of nitrogens with one attached hydrogen (secondary N) is 2. The first-order chi connectivity index (χ1) is 19.3. The summed E-state index contributed by atoms with van der Waals surface area (Å²) in [4.78, 5) is 26.6. The number of hydrogen-bond donors (Lipinski definition) is 3. The Morgan fingerprint density at radius 2 is 1.83 bits per heavy atom.